The van der Waals surface area contributed by atoms with E-state index >= 15 is 0 Å². The van der Waals surface area contributed by atoms with Crippen LogP contribution in [-0.4, -0.2) is 22.9 Å². The van der Waals surface area contributed by atoms with Crippen molar-refractivity contribution in [2.75, 3.05) is 10.6 Å². The summed E-state index contributed by atoms with van der Waals surface area (Å²) < 4.78 is 0. The molecular formula is C26H28N2O4S. The molecule has 1 fully saturated rings. The zero-order valence-corrected chi connectivity index (χ0v) is 19.4. The fourth-order valence-corrected chi connectivity index (χ4v) is 6.99. The van der Waals surface area contributed by atoms with Crippen LogP contribution in [0.4, 0.5) is 10.7 Å². The number of carbonyl (C=O) groups excluding carboxylic acids is 2. The van der Waals surface area contributed by atoms with Crippen molar-refractivity contribution < 1.29 is 19.5 Å². The first-order valence-corrected chi connectivity index (χ1v) is 12.5. The van der Waals surface area contributed by atoms with Gasteiger partial charge in [-0.15, -0.1) is 11.3 Å². The van der Waals surface area contributed by atoms with Gasteiger partial charge in [-0.1, -0.05) is 30.7 Å². The molecule has 1 heterocycles. The van der Waals surface area contributed by atoms with Gasteiger partial charge in [-0.3, -0.25) is 14.4 Å². The third-order valence-corrected chi connectivity index (χ3v) is 8.42. The van der Waals surface area contributed by atoms with Crippen molar-refractivity contribution in [3.8, 4) is 0 Å². The molecule has 6 nitrogen and oxygen atoms in total. The van der Waals surface area contributed by atoms with Gasteiger partial charge in [0.25, 0.3) is 5.91 Å². The van der Waals surface area contributed by atoms with Crippen LogP contribution >= 0.6 is 11.3 Å². The highest BCUT2D eigenvalue weighted by Crippen LogP contribution is 2.49. The van der Waals surface area contributed by atoms with Gasteiger partial charge in [-0.25, -0.2) is 0 Å². The molecule has 2 amide bonds. The molecule has 7 heteroatoms. The van der Waals surface area contributed by atoms with Crippen molar-refractivity contribution in [1.29, 1.82) is 0 Å². The number of benzene rings is 1. The lowest BCUT2D eigenvalue weighted by atomic mass is 9.82. The Morgan fingerprint density at radius 2 is 1.76 bits per heavy atom. The van der Waals surface area contributed by atoms with Crippen molar-refractivity contribution in [2.45, 2.75) is 45.4 Å². The minimum absolute atomic E-state index is 0.0570. The quantitative estimate of drug-likeness (QED) is 0.427. The minimum Gasteiger partial charge on any atom is -0.481 e. The number of amides is 2. The normalized spacial score (nSPS) is 25.4. The predicted octanol–water partition coefficient (Wildman–Crippen LogP) is 5.04. The van der Waals surface area contributed by atoms with E-state index in [1.54, 1.807) is 0 Å². The average Bonchev–Trinajstić information content (AvgIpc) is 3.42. The van der Waals surface area contributed by atoms with Crippen LogP contribution in [0, 0.1) is 30.6 Å². The van der Waals surface area contributed by atoms with Crippen molar-refractivity contribution in [3.63, 3.8) is 0 Å². The summed E-state index contributed by atoms with van der Waals surface area (Å²) in [6.07, 6.45) is 9.53. The number of nitrogens with one attached hydrogen (secondary N) is 2. The summed E-state index contributed by atoms with van der Waals surface area (Å²) in [5.41, 5.74) is 3.34. The SMILES string of the molecule is Cc1cccc(NC(=O)c2c(NC(=O)C3C4C=CC(C4)C3C(=O)O)sc3c2CCCCC3)c1. The number of carboxylic acids is 1. The van der Waals surface area contributed by atoms with E-state index in [2.05, 4.69) is 10.6 Å². The fraction of sp³-hybridized carbons (Fsp3) is 0.423. The maximum Gasteiger partial charge on any atom is 0.307 e. The first kappa shape index (κ1) is 21.9. The summed E-state index contributed by atoms with van der Waals surface area (Å²) in [7, 11) is 0. The van der Waals surface area contributed by atoms with E-state index in [9.17, 15) is 19.5 Å². The lowest BCUT2D eigenvalue weighted by Crippen LogP contribution is -2.36. The molecule has 3 aliphatic rings. The number of anilines is 2. The molecule has 0 saturated heterocycles. The number of hydrogen-bond donors (Lipinski definition) is 3. The summed E-state index contributed by atoms with van der Waals surface area (Å²) >= 11 is 1.48. The number of aryl methyl sites for hydroxylation is 2. The van der Waals surface area contributed by atoms with Crippen LogP contribution in [0.25, 0.3) is 0 Å². The third-order valence-electron chi connectivity index (χ3n) is 7.21. The van der Waals surface area contributed by atoms with Crippen LogP contribution in [0.15, 0.2) is 36.4 Å². The number of allylic oxidation sites excluding steroid dienone is 2. The number of carboxylic acid groups (broad SMARTS) is 1. The highest BCUT2D eigenvalue weighted by molar-refractivity contribution is 7.17. The number of thiophene rings is 1. The molecule has 1 aromatic heterocycles. The van der Waals surface area contributed by atoms with Crippen LogP contribution in [0.3, 0.4) is 0 Å². The van der Waals surface area contributed by atoms with Crippen LogP contribution in [0.5, 0.6) is 0 Å². The van der Waals surface area contributed by atoms with Crippen LogP contribution in [0.1, 0.15) is 52.0 Å². The van der Waals surface area contributed by atoms with Gasteiger partial charge in [0.1, 0.15) is 5.00 Å². The second kappa shape index (κ2) is 8.78. The molecule has 33 heavy (non-hydrogen) atoms. The molecule has 1 saturated carbocycles. The maximum atomic E-state index is 13.4. The highest BCUT2D eigenvalue weighted by Gasteiger charge is 2.51. The monoisotopic (exact) mass is 464 g/mol. The van der Waals surface area contributed by atoms with Gasteiger partial charge < -0.3 is 15.7 Å². The van der Waals surface area contributed by atoms with Gasteiger partial charge in [0, 0.05) is 10.6 Å². The molecule has 2 aromatic rings. The van der Waals surface area contributed by atoms with Gasteiger partial charge in [0.15, 0.2) is 0 Å². The Kier molecular flexibility index (Phi) is 5.83. The van der Waals surface area contributed by atoms with Gasteiger partial charge in [0.2, 0.25) is 5.91 Å². The summed E-state index contributed by atoms with van der Waals surface area (Å²) in [4.78, 5) is 39.8. The number of carbonyl (C=O) groups is 3. The molecule has 2 bridgehead atoms. The molecule has 4 atom stereocenters. The molecule has 1 aromatic carbocycles. The Labute approximate surface area is 197 Å². The van der Waals surface area contributed by atoms with E-state index in [0.717, 1.165) is 53.8 Å². The number of rotatable bonds is 5. The Morgan fingerprint density at radius 1 is 1.00 bits per heavy atom. The predicted molar refractivity (Wildman–Crippen MR) is 129 cm³/mol. The minimum atomic E-state index is -0.925. The van der Waals surface area contributed by atoms with Crippen LogP contribution in [-0.2, 0) is 22.4 Å². The molecule has 3 N–H and O–H groups in total. The zero-order valence-electron chi connectivity index (χ0n) is 18.6. The zero-order chi connectivity index (χ0) is 23.1. The number of fused-ring (bicyclic) bond motifs is 3. The molecule has 5 rings (SSSR count). The van der Waals surface area contributed by atoms with Crippen molar-refractivity contribution in [2.24, 2.45) is 23.7 Å². The van der Waals surface area contributed by atoms with Gasteiger partial charge in [-0.05, 0) is 74.1 Å². The third kappa shape index (κ3) is 4.10. The van der Waals surface area contributed by atoms with Crippen molar-refractivity contribution in [1.82, 2.24) is 0 Å². The van der Waals surface area contributed by atoms with E-state index < -0.39 is 17.8 Å². The van der Waals surface area contributed by atoms with Crippen molar-refractivity contribution >= 4 is 39.8 Å². The Morgan fingerprint density at radius 3 is 2.52 bits per heavy atom. The van der Waals surface area contributed by atoms with Crippen LogP contribution in [0.2, 0.25) is 0 Å². The Hall–Kier alpha value is -2.93. The molecular weight excluding hydrogens is 436 g/mol. The standard InChI is InChI=1S/C26H28N2O4S/c1-14-6-5-7-17(12-14)27-24(30)22-18-8-3-2-4-9-19(18)33-25(22)28-23(29)20-15-10-11-16(13-15)21(20)26(31)32/h5-7,10-12,15-16,20-21H,2-4,8-9,13H2,1H3,(H,27,30)(H,28,29)(H,31,32). The van der Waals surface area contributed by atoms with Gasteiger partial charge >= 0.3 is 5.97 Å². The van der Waals surface area contributed by atoms with E-state index in [0.29, 0.717) is 17.0 Å². The van der Waals surface area contributed by atoms with E-state index in [4.69, 9.17) is 0 Å². The number of hydrogen-bond acceptors (Lipinski definition) is 4. The molecule has 0 spiro atoms. The second-order valence-electron chi connectivity index (χ2n) is 9.42. The first-order chi connectivity index (χ1) is 15.9. The summed E-state index contributed by atoms with van der Waals surface area (Å²) in [5.74, 6) is -2.90. The summed E-state index contributed by atoms with van der Waals surface area (Å²) in [6.45, 7) is 1.97. The molecule has 4 unspecified atom stereocenters. The van der Waals surface area contributed by atoms with Crippen molar-refractivity contribution in [3.05, 3.63) is 58.0 Å². The highest BCUT2D eigenvalue weighted by atomic mass is 32.1. The topological polar surface area (TPSA) is 95.5 Å². The summed E-state index contributed by atoms with van der Waals surface area (Å²) in [6, 6.07) is 7.64. The molecule has 3 aliphatic carbocycles. The van der Waals surface area contributed by atoms with E-state index in [1.807, 2.05) is 43.3 Å². The smallest absolute Gasteiger partial charge is 0.307 e. The molecule has 0 aliphatic heterocycles. The summed E-state index contributed by atoms with van der Waals surface area (Å²) in [5, 5.41) is 16.3. The van der Waals surface area contributed by atoms with Gasteiger partial charge in [0.05, 0.1) is 17.4 Å². The van der Waals surface area contributed by atoms with Crippen LogP contribution < -0.4 is 10.6 Å². The number of aliphatic carboxylic acids is 1. The second-order valence-corrected chi connectivity index (χ2v) is 10.5. The first-order valence-electron chi connectivity index (χ1n) is 11.7. The van der Waals surface area contributed by atoms with E-state index in [1.165, 1.54) is 11.3 Å². The lowest BCUT2D eigenvalue weighted by molar-refractivity contribution is -0.146. The Bertz CT molecular complexity index is 1150. The molecule has 0 radical (unpaired) electrons. The van der Waals surface area contributed by atoms with Gasteiger partial charge in [-0.2, -0.15) is 0 Å². The largest absolute Gasteiger partial charge is 0.481 e. The van der Waals surface area contributed by atoms with E-state index in [-0.39, 0.29) is 23.7 Å². The average molecular weight is 465 g/mol. The fourth-order valence-electron chi connectivity index (χ4n) is 5.70. The molecule has 172 valence electrons. The lowest BCUT2D eigenvalue weighted by Gasteiger charge is -2.23. The Balaban J connectivity index is 1.46. The maximum absolute atomic E-state index is 13.4.